The second-order valence-electron chi connectivity index (χ2n) is 7.18. The van der Waals surface area contributed by atoms with Crippen molar-refractivity contribution in [2.75, 3.05) is 6.54 Å². The van der Waals surface area contributed by atoms with E-state index < -0.39 is 0 Å². The zero-order valence-corrected chi connectivity index (χ0v) is 17.7. The maximum absolute atomic E-state index is 13.0. The van der Waals surface area contributed by atoms with Crippen LogP contribution in [0.3, 0.4) is 0 Å². The number of nitrogens with zero attached hydrogens (tertiary/aromatic N) is 2. The van der Waals surface area contributed by atoms with E-state index in [4.69, 9.17) is 28.9 Å². The Morgan fingerprint density at radius 2 is 2.18 bits per heavy atom. The molecule has 0 bridgehead atoms. The highest BCUT2D eigenvalue weighted by molar-refractivity contribution is 7.14. The predicted octanol–water partition coefficient (Wildman–Crippen LogP) is 5.26. The van der Waals surface area contributed by atoms with Gasteiger partial charge < -0.3 is 5.73 Å². The maximum Gasteiger partial charge on any atom is 0.173 e. The summed E-state index contributed by atoms with van der Waals surface area (Å²) in [6.45, 7) is 1.31. The van der Waals surface area contributed by atoms with Gasteiger partial charge in [0.1, 0.15) is 0 Å². The Balaban J connectivity index is 1.54. The lowest BCUT2D eigenvalue weighted by Crippen LogP contribution is -2.20. The summed E-state index contributed by atoms with van der Waals surface area (Å²) in [6, 6.07) is 9.72. The lowest BCUT2D eigenvalue weighted by molar-refractivity contribution is 0.0966. The third kappa shape index (κ3) is 4.03. The molecule has 146 valence electrons. The Kier molecular flexibility index (Phi) is 5.88. The van der Waals surface area contributed by atoms with Crippen LogP contribution in [-0.4, -0.2) is 22.1 Å². The summed E-state index contributed by atoms with van der Waals surface area (Å²) in [5.74, 6) is 0.222. The predicted molar refractivity (Wildman–Crippen MR) is 116 cm³/mol. The van der Waals surface area contributed by atoms with Crippen molar-refractivity contribution in [1.29, 1.82) is 0 Å². The first-order chi connectivity index (χ1) is 13.5. The quantitative estimate of drug-likeness (QED) is 0.539. The molecule has 0 fully saturated rings. The molecule has 2 N–H and O–H groups in total. The van der Waals surface area contributed by atoms with Gasteiger partial charge >= 0.3 is 0 Å². The molecule has 1 aliphatic heterocycles. The van der Waals surface area contributed by atoms with Gasteiger partial charge in [-0.15, -0.1) is 11.3 Å². The fraction of sp³-hybridized carbons (Fsp3) is 0.333. The number of carbonyl (C=O) groups is 1. The van der Waals surface area contributed by atoms with Crippen LogP contribution in [0, 0.1) is 5.92 Å². The third-order valence-corrected chi connectivity index (χ3v) is 6.88. The molecule has 0 radical (unpaired) electrons. The van der Waals surface area contributed by atoms with E-state index in [1.54, 1.807) is 17.5 Å². The smallest absolute Gasteiger partial charge is 0.173 e. The molecule has 7 heteroatoms. The lowest BCUT2D eigenvalue weighted by atomic mass is 9.94. The number of Topliss-reactive ketones (excluding diaryl/α,β-unsaturated/α-hetero) is 1. The summed E-state index contributed by atoms with van der Waals surface area (Å²) in [4.78, 5) is 15.0. The molecule has 0 aliphatic carbocycles. The molecule has 1 aromatic carbocycles. The van der Waals surface area contributed by atoms with Gasteiger partial charge in [0.05, 0.1) is 21.8 Å². The largest absolute Gasteiger partial charge is 0.330 e. The molecule has 1 atom stereocenters. The fourth-order valence-electron chi connectivity index (χ4n) is 3.74. The highest BCUT2D eigenvalue weighted by atomic mass is 35.5. The fourth-order valence-corrected chi connectivity index (χ4v) is 5.35. The number of nitrogens with two attached hydrogens (primary N) is 1. The average Bonchev–Trinajstić information content (AvgIpc) is 3.20. The number of hydrogen-bond donors (Lipinski definition) is 1. The van der Waals surface area contributed by atoms with Gasteiger partial charge in [0, 0.05) is 28.4 Å². The van der Waals surface area contributed by atoms with Crippen LogP contribution in [0.4, 0.5) is 0 Å². The van der Waals surface area contributed by atoms with E-state index in [0.717, 1.165) is 47.5 Å². The molecular weight excluding hydrogens is 413 g/mol. The number of benzene rings is 1. The number of thiophene rings is 1. The van der Waals surface area contributed by atoms with Crippen LogP contribution in [0.5, 0.6) is 0 Å². The molecule has 0 spiro atoms. The Morgan fingerprint density at radius 1 is 1.32 bits per heavy atom. The topological polar surface area (TPSA) is 60.9 Å². The lowest BCUT2D eigenvalue weighted by Gasteiger charge is -2.13. The van der Waals surface area contributed by atoms with Gasteiger partial charge in [0.15, 0.2) is 5.78 Å². The van der Waals surface area contributed by atoms with E-state index in [9.17, 15) is 4.79 Å². The minimum atomic E-state index is 0.0852. The van der Waals surface area contributed by atoms with E-state index in [-0.39, 0.29) is 11.7 Å². The van der Waals surface area contributed by atoms with Crippen molar-refractivity contribution in [3.8, 4) is 11.3 Å². The van der Waals surface area contributed by atoms with Gasteiger partial charge in [-0.2, -0.15) is 5.10 Å². The first-order valence-corrected chi connectivity index (χ1v) is 10.9. The van der Waals surface area contributed by atoms with Gasteiger partial charge in [0.25, 0.3) is 0 Å². The Morgan fingerprint density at radius 3 is 2.96 bits per heavy atom. The SMILES string of the molecule is NCC(CC(=O)c1cc2c(s1)CCCn1ncc(Cl)c1-2)Cc1cccc(Cl)c1. The molecule has 3 heterocycles. The highest BCUT2D eigenvalue weighted by Crippen LogP contribution is 2.39. The minimum absolute atomic E-state index is 0.0852. The number of hydrogen-bond acceptors (Lipinski definition) is 4. The van der Waals surface area contributed by atoms with Crippen LogP contribution >= 0.6 is 34.5 Å². The Bertz CT molecular complexity index is 1010. The maximum atomic E-state index is 13.0. The number of aromatic nitrogens is 2. The standard InChI is InChI=1S/C21H21Cl2N3OS/c22-15-4-1-3-13(8-15)7-14(11-24)9-18(27)20-10-16-19(28-20)5-2-6-26-21(16)17(23)12-25-26/h1,3-4,8,10,12,14H,2,5-7,9,11,24H2. The second-order valence-corrected chi connectivity index (χ2v) is 9.16. The van der Waals surface area contributed by atoms with E-state index in [2.05, 4.69) is 5.10 Å². The zero-order valence-electron chi connectivity index (χ0n) is 15.3. The van der Waals surface area contributed by atoms with Gasteiger partial charge in [-0.3, -0.25) is 9.48 Å². The summed E-state index contributed by atoms with van der Waals surface area (Å²) in [5, 5.41) is 5.71. The van der Waals surface area contributed by atoms with Crippen LogP contribution in [-0.2, 0) is 19.4 Å². The summed E-state index contributed by atoms with van der Waals surface area (Å²) < 4.78 is 1.94. The second kappa shape index (κ2) is 8.37. The van der Waals surface area contributed by atoms with Crippen molar-refractivity contribution >= 4 is 40.3 Å². The van der Waals surface area contributed by atoms with Crippen molar-refractivity contribution in [3.05, 3.63) is 61.9 Å². The van der Waals surface area contributed by atoms with E-state index in [0.29, 0.717) is 23.0 Å². The van der Waals surface area contributed by atoms with Crippen molar-refractivity contribution < 1.29 is 4.79 Å². The van der Waals surface area contributed by atoms with E-state index in [1.807, 2.05) is 35.0 Å². The average molecular weight is 434 g/mol. The first-order valence-electron chi connectivity index (χ1n) is 9.37. The van der Waals surface area contributed by atoms with Gasteiger partial charge in [-0.25, -0.2) is 0 Å². The molecule has 2 aromatic heterocycles. The van der Waals surface area contributed by atoms with Gasteiger partial charge in [0.2, 0.25) is 0 Å². The van der Waals surface area contributed by atoms with Crippen LogP contribution < -0.4 is 5.73 Å². The Hall–Kier alpha value is -1.66. The van der Waals surface area contributed by atoms with E-state index >= 15 is 0 Å². The molecule has 0 saturated heterocycles. The summed E-state index contributed by atoms with van der Waals surface area (Å²) in [5.41, 5.74) is 9.04. The monoisotopic (exact) mass is 433 g/mol. The molecule has 0 saturated carbocycles. The third-order valence-electron chi connectivity index (χ3n) is 5.13. The number of carbonyl (C=O) groups excluding carboxylic acids is 1. The molecule has 1 unspecified atom stereocenters. The number of aryl methyl sites for hydroxylation is 2. The molecule has 28 heavy (non-hydrogen) atoms. The molecular formula is C21H21Cl2N3OS. The molecule has 4 nitrogen and oxygen atoms in total. The molecule has 4 rings (SSSR count). The Labute approximate surface area is 178 Å². The minimum Gasteiger partial charge on any atom is -0.330 e. The molecule has 1 aliphatic rings. The number of rotatable bonds is 6. The number of fused-ring (bicyclic) bond motifs is 3. The van der Waals surface area contributed by atoms with Crippen molar-refractivity contribution in [1.82, 2.24) is 9.78 Å². The van der Waals surface area contributed by atoms with Gasteiger partial charge in [-0.1, -0.05) is 35.3 Å². The summed E-state index contributed by atoms with van der Waals surface area (Å²) in [7, 11) is 0. The normalized spacial score (nSPS) is 14.2. The van der Waals surface area contributed by atoms with Crippen molar-refractivity contribution in [3.63, 3.8) is 0 Å². The number of halogens is 2. The summed E-state index contributed by atoms with van der Waals surface area (Å²) >= 11 is 14.0. The van der Waals surface area contributed by atoms with Crippen LogP contribution in [0.15, 0.2) is 36.5 Å². The van der Waals surface area contributed by atoms with Crippen LogP contribution in [0.1, 0.15) is 33.0 Å². The van der Waals surface area contributed by atoms with Crippen molar-refractivity contribution in [2.24, 2.45) is 11.7 Å². The van der Waals surface area contributed by atoms with E-state index in [1.165, 1.54) is 4.88 Å². The molecule has 0 amide bonds. The van der Waals surface area contributed by atoms with Gasteiger partial charge in [-0.05, 0) is 55.5 Å². The number of ketones is 1. The highest BCUT2D eigenvalue weighted by Gasteiger charge is 2.24. The zero-order chi connectivity index (χ0) is 19.7. The van der Waals surface area contributed by atoms with Crippen LogP contribution in [0.2, 0.25) is 10.0 Å². The van der Waals surface area contributed by atoms with Crippen LogP contribution in [0.25, 0.3) is 11.3 Å². The van der Waals surface area contributed by atoms with Crippen molar-refractivity contribution in [2.45, 2.75) is 32.2 Å². The first kappa shape index (κ1) is 19.6. The molecule has 3 aromatic rings. The summed E-state index contributed by atoms with van der Waals surface area (Å²) in [6.07, 6.45) is 4.78.